The normalized spacial score (nSPS) is 12.7. The molecule has 0 bridgehead atoms. The third-order valence-electron chi connectivity index (χ3n) is 10.5. The van der Waals surface area contributed by atoms with Crippen molar-refractivity contribution in [2.45, 2.75) is 5.41 Å². The van der Waals surface area contributed by atoms with E-state index >= 15 is 0 Å². The first-order valence-electron chi connectivity index (χ1n) is 18.2. The van der Waals surface area contributed by atoms with Gasteiger partial charge >= 0.3 is 0 Å². The van der Waals surface area contributed by atoms with Crippen LogP contribution in [0.15, 0.2) is 200 Å². The summed E-state index contributed by atoms with van der Waals surface area (Å²) in [7, 11) is 0. The molecule has 1 aliphatic rings. The highest BCUT2D eigenvalue weighted by molar-refractivity contribution is 5.95. The highest BCUT2D eigenvalue weighted by Gasteiger charge is 2.45. The largest absolute Gasteiger partial charge is 0.457 e. The summed E-state index contributed by atoms with van der Waals surface area (Å²) in [6, 6.07) is 69.8. The van der Waals surface area contributed by atoms with Crippen molar-refractivity contribution in [2.75, 3.05) is 0 Å². The molecule has 4 heteroatoms. The minimum absolute atomic E-state index is 0.566. The molecule has 0 atom stereocenters. The van der Waals surface area contributed by atoms with Crippen molar-refractivity contribution >= 4 is 10.8 Å². The molecule has 0 saturated carbocycles. The van der Waals surface area contributed by atoms with E-state index in [4.69, 9.17) is 19.7 Å². The van der Waals surface area contributed by atoms with Crippen molar-refractivity contribution in [2.24, 2.45) is 0 Å². The Morgan fingerprint density at radius 3 is 1.61 bits per heavy atom. The molecule has 0 unspecified atom stereocenters. The Labute approximate surface area is 314 Å². The van der Waals surface area contributed by atoms with Gasteiger partial charge in [0.15, 0.2) is 17.5 Å². The van der Waals surface area contributed by atoms with Gasteiger partial charge < -0.3 is 4.74 Å². The predicted octanol–water partition coefficient (Wildman–Crippen LogP) is 12.2. The Hall–Kier alpha value is -7.17. The topological polar surface area (TPSA) is 47.9 Å². The van der Waals surface area contributed by atoms with Gasteiger partial charge in [-0.2, -0.15) is 0 Å². The van der Waals surface area contributed by atoms with Gasteiger partial charge in [0.1, 0.15) is 11.5 Å². The molecule has 0 radical (unpaired) electrons. The molecule has 0 aliphatic carbocycles. The van der Waals surface area contributed by atoms with E-state index in [0.29, 0.717) is 17.5 Å². The van der Waals surface area contributed by atoms with Crippen LogP contribution in [0.25, 0.3) is 56.1 Å². The fraction of sp³-hybridized carbons (Fsp3) is 0.0200. The van der Waals surface area contributed by atoms with Gasteiger partial charge in [0.05, 0.1) is 5.41 Å². The van der Waals surface area contributed by atoms with E-state index in [-0.39, 0.29) is 0 Å². The molecular formula is C50H33N3O. The maximum atomic E-state index is 6.50. The van der Waals surface area contributed by atoms with Crippen molar-refractivity contribution in [3.63, 3.8) is 0 Å². The van der Waals surface area contributed by atoms with Crippen LogP contribution in [0.1, 0.15) is 22.3 Å². The van der Waals surface area contributed by atoms with E-state index in [2.05, 4.69) is 158 Å². The molecule has 8 aromatic carbocycles. The van der Waals surface area contributed by atoms with Crippen LogP contribution in [0.5, 0.6) is 11.5 Å². The van der Waals surface area contributed by atoms with Crippen LogP contribution in [-0.4, -0.2) is 15.0 Å². The van der Waals surface area contributed by atoms with Crippen molar-refractivity contribution < 1.29 is 4.74 Å². The molecule has 0 saturated heterocycles. The number of para-hydroxylation sites is 2. The minimum atomic E-state index is -0.566. The number of aromatic nitrogens is 3. The molecule has 0 amide bonds. The Kier molecular flexibility index (Phi) is 7.66. The van der Waals surface area contributed by atoms with Gasteiger partial charge in [0.25, 0.3) is 0 Å². The first-order chi connectivity index (χ1) is 26.8. The summed E-state index contributed by atoms with van der Waals surface area (Å²) in [4.78, 5) is 15.2. The van der Waals surface area contributed by atoms with E-state index < -0.39 is 5.41 Å². The molecule has 0 N–H and O–H groups in total. The second-order valence-electron chi connectivity index (χ2n) is 13.6. The second kappa shape index (κ2) is 13.1. The van der Waals surface area contributed by atoms with E-state index in [9.17, 15) is 0 Å². The van der Waals surface area contributed by atoms with Crippen LogP contribution in [0, 0.1) is 0 Å². The average molecular weight is 692 g/mol. The Morgan fingerprint density at radius 1 is 0.352 bits per heavy atom. The first kappa shape index (κ1) is 31.6. The Bertz CT molecular complexity index is 2750. The predicted molar refractivity (Wildman–Crippen MR) is 217 cm³/mol. The number of hydrogen-bond donors (Lipinski definition) is 0. The van der Waals surface area contributed by atoms with E-state index in [1.807, 2.05) is 42.5 Å². The Balaban J connectivity index is 1.10. The van der Waals surface area contributed by atoms with Crippen LogP contribution in [0.3, 0.4) is 0 Å². The van der Waals surface area contributed by atoms with Crippen LogP contribution in [0.2, 0.25) is 0 Å². The summed E-state index contributed by atoms with van der Waals surface area (Å²) < 4.78 is 6.50. The average Bonchev–Trinajstić information content (AvgIpc) is 3.26. The van der Waals surface area contributed by atoms with Crippen LogP contribution >= 0.6 is 0 Å². The van der Waals surface area contributed by atoms with Crippen molar-refractivity contribution in [1.82, 2.24) is 15.0 Å². The van der Waals surface area contributed by atoms with E-state index in [0.717, 1.165) is 61.2 Å². The molecular weight excluding hydrogens is 659 g/mol. The van der Waals surface area contributed by atoms with Crippen LogP contribution in [0.4, 0.5) is 0 Å². The number of nitrogens with zero attached hydrogens (tertiary/aromatic N) is 3. The number of ether oxygens (including phenoxy) is 1. The lowest BCUT2D eigenvalue weighted by Gasteiger charge is -2.41. The molecule has 10 rings (SSSR count). The lowest BCUT2D eigenvalue weighted by Crippen LogP contribution is -2.34. The monoisotopic (exact) mass is 691 g/mol. The highest BCUT2D eigenvalue weighted by atomic mass is 16.5. The zero-order valence-corrected chi connectivity index (χ0v) is 29.3. The zero-order chi connectivity index (χ0) is 35.9. The fourth-order valence-electron chi connectivity index (χ4n) is 7.98. The smallest absolute Gasteiger partial charge is 0.164 e. The maximum absolute atomic E-state index is 6.50. The second-order valence-corrected chi connectivity index (χ2v) is 13.6. The van der Waals surface area contributed by atoms with Gasteiger partial charge in [-0.15, -0.1) is 0 Å². The molecule has 9 aromatic rings. The number of fused-ring (bicyclic) bond motifs is 3. The third kappa shape index (κ3) is 5.27. The summed E-state index contributed by atoms with van der Waals surface area (Å²) in [5.41, 5.74) is 9.05. The number of benzene rings is 8. The fourth-order valence-corrected chi connectivity index (χ4v) is 7.98. The van der Waals surface area contributed by atoms with Gasteiger partial charge in [0.2, 0.25) is 0 Å². The van der Waals surface area contributed by atoms with Gasteiger partial charge in [0, 0.05) is 27.8 Å². The molecule has 4 nitrogen and oxygen atoms in total. The molecule has 1 aromatic heterocycles. The molecule has 54 heavy (non-hydrogen) atoms. The molecule has 0 fully saturated rings. The van der Waals surface area contributed by atoms with Crippen molar-refractivity contribution in [3.8, 4) is 56.8 Å². The van der Waals surface area contributed by atoms with E-state index in [1.165, 1.54) is 11.1 Å². The lowest BCUT2D eigenvalue weighted by molar-refractivity contribution is 0.434. The van der Waals surface area contributed by atoms with Crippen LogP contribution in [-0.2, 0) is 5.41 Å². The summed E-state index contributed by atoms with van der Waals surface area (Å²) in [6.45, 7) is 0. The highest BCUT2D eigenvalue weighted by Crippen LogP contribution is 2.55. The summed E-state index contributed by atoms with van der Waals surface area (Å²) in [5.74, 6) is 3.65. The van der Waals surface area contributed by atoms with Gasteiger partial charge in [-0.1, -0.05) is 182 Å². The molecule has 1 aliphatic heterocycles. The van der Waals surface area contributed by atoms with Crippen molar-refractivity contribution in [1.29, 1.82) is 0 Å². The summed E-state index contributed by atoms with van der Waals surface area (Å²) in [5, 5.41) is 2.25. The van der Waals surface area contributed by atoms with Crippen molar-refractivity contribution in [3.05, 3.63) is 222 Å². The van der Waals surface area contributed by atoms with Gasteiger partial charge in [-0.05, 0) is 51.2 Å². The van der Waals surface area contributed by atoms with Gasteiger partial charge in [-0.3, -0.25) is 0 Å². The Morgan fingerprint density at radius 2 is 0.870 bits per heavy atom. The van der Waals surface area contributed by atoms with Gasteiger partial charge in [-0.25, -0.2) is 15.0 Å². The quantitative estimate of drug-likeness (QED) is 0.174. The standard InChI is InChI=1S/C50H33N3O/c1-3-16-36(17-4-1)47-51-48(53-49(52-47)42-24-14-18-35-15-7-8-23-41(35)42)38-20-13-19-37(33-38)34-29-31-40(32-30-34)50(39-21-5-2-6-22-39)43-25-9-11-27-45(43)54-46-28-12-10-26-44(46)50/h1-33H. The lowest BCUT2D eigenvalue weighted by atomic mass is 9.63. The number of hydrogen-bond acceptors (Lipinski definition) is 4. The zero-order valence-electron chi connectivity index (χ0n) is 29.3. The summed E-state index contributed by atoms with van der Waals surface area (Å²) >= 11 is 0. The first-order valence-corrected chi connectivity index (χ1v) is 18.2. The van der Waals surface area contributed by atoms with E-state index in [1.54, 1.807) is 0 Å². The summed E-state index contributed by atoms with van der Waals surface area (Å²) in [6.07, 6.45) is 0. The minimum Gasteiger partial charge on any atom is -0.457 e. The third-order valence-corrected chi connectivity index (χ3v) is 10.5. The maximum Gasteiger partial charge on any atom is 0.164 e. The molecule has 0 spiro atoms. The number of rotatable bonds is 6. The molecule has 254 valence electrons. The van der Waals surface area contributed by atoms with Crippen LogP contribution < -0.4 is 4.74 Å². The molecule has 2 heterocycles. The SMILES string of the molecule is c1ccc(-c2nc(-c3cccc(-c4ccc(C5(c6ccccc6)c6ccccc6Oc6ccccc65)cc4)c3)nc(-c3cccc4ccccc34)n2)cc1.